The van der Waals surface area contributed by atoms with Gasteiger partial charge in [-0.3, -0.25) is 4.99 Å². The van der Waals surface area contributed by atoms with Crippen molar-refractivity contribution in [1.82, 2.24) is 15.6 Å². The smallest absolute Gasteiger partial charge is 0.191 e. The molecule has 0 radical (unpaired) electrons. The first kappa shape index (κ1) is 21.7. The maximum Gasteiger partial charge on any atom is 0.191 e. The highest BCUT2D eigenvalue weighted by Gasteiger charge is 2.07. The van der Waals surface area contributed by atoms with Crippen LogP contribution < -0.4 is 15.4 Å². The number of rotatable bonds is 8. The number of hydrogen-bond donors (Lipinski definition) is 3. The number of guanidine groups is 1. The van der Waals surface area contributed by atoms with E-state index in [9.17, 15) is 8.42 Å². The van der Waals surface area contributed by atoms with Gasteiger partial charge in [-0.15, -0.1) is 0 Å². The van der Waals surface area contributed by atoms with Crippen molar-refractivity contribution < 1.29 is 13.2 Å². The fourth-order valence-corrected chi connectivity index (χ4v) is 3.86. The van der Waals surface area contributed by atoms with E-state index in [1.807, 2.05) is 0 Å². The molecule has 8 heteroatoms. The Bertz CT molecular complexity index is 1120. The van der Waals surface area contributed by atoms with Crippen LogP contribution in [0.1, 0.15) is 11.1 Å². The molecule has 0 atom stereocenters. The van der Waals surface area contributed by atoms with Crippen LogP contribution in [-0.2, 0) is 16.3 Å². The molecular formula is C22H28N4O3S. The zero-order chi connectivity index (χ0) is 21.6. The average molecular weight is 429 g/mol. The third kappa shape index (κ3) is 5.54. The molecule has 2 aromatic carbocycles. The standard InChI is InChI=1S/C22H28N4O3S/c1-16-5-4-6-20-17(15-26-21(16)20)11-12-24-22(23-2)25-13-14-29-18-7-9-19(10-8-18)30(3,27)28/h4-10,15,26H,11-14H2,1-3H3,(H2,23,24,25). The SMILES string of the molecule is CN=C(NCCOc1ccc(S(C)(=O)=O)cc1)NCCc1c[nH]c2c(C)cccc12. The van der Waals surface area contributed by atoms with Gasteiger partial charge < -0.3 is 20.4 Å². The molecule has 1 heterocycles. The van der Waals surface area contributed by atoms with Gasteiger partial charge in [-0.1, -0.05) is 18.2 Å². The molecule has 0 saturated heterocycles. The fourth-order valence-electron chi connectivity index (χ4n) is 3.23. The van der Waals surface area contributed by atoms with Crippen LogP contribution in [0, 0.1) is 6.92 Å². The molecule has 0 aliphatic carbocycles. The van der Waals surface area contributed by atoms with Gasteiger partial charge in [-0.25, -0.2) is 8.42 Å². The number of H-pyrrole nitrogens is 1. The van der Waals surface area contributed by atoms with Crippen molar-refractivity contribution >= 4 is 26.7 Å². The topological polar surface area (TPSA) is 95.6 Å². The molecular weight excluding hydrogens is 400 g/mol. The van der Waals surface area contributed by atoms with E-state index in [2.05, 4.69) is 51.9 Å². The Hall–Kier alpha value is -3.00. The zero-order valence-electron chi connectivity index (χ0n) is 17.5. The number of para-hydroxylation sites is 1. The molecule has 0 fully saturated rings. The molecule has 0 aliphatic heterocycles. The lowest BCUT2D eigenvalue weighted by molar-refractivity contribution is 0.321. The van der Waals surface area contributed by atoms with Crippen molar-refractivity contribution in [2.45, 2.75) is 18.2 Å². The lowest BCUT2D eigenvalue weighted by Crippen LogP contribution is -2.40. The molecule has 0 spiro atoms. The number of fused-ring (bicyclic) bond motifs is 1. The first-order valence-corrected chi connectivity index (χ1v) is 11.7. The second-order valence-electron chi connectivity index (χ2n) is 7.08. The Morgan fingerprint density at radius 2 is 1.83 bits per heavy atom. The largest absolute Gasteiger partial charge is 0.492 e. The Balaban J connectivity index is 1.41. The summed E-state index contributed by atoms with van der Waals surface area (Å²) in [4.78, 5) is 7.87. The summed E-state index contributed by atoms with van der Waals surface area (Å²) in [7, 11) is -1.46. The molecule has 30 heavy (non-hydrogen) atoms. The third-order valence-corrected chi connectivity index (χ3v) is 5.96. The molecule has 1 aromatic heterocycles. The van der Waals surface area contributed by atoms with Crippen LogP contribution in [0.15, 0.2) is 58.5 Å². The summed E-state index contributed by atoms with van der Waals surface area (Å²) < 4.78 is 28.6. The summed E-state index contributed by atoms with van der Waals surface area (Å²) in [5.41, 5.74) is 3.71. The van der Waals surface area contributed by atoms with E-state index in [1.165, 1.54) is 28.3 Å². The average Bonchev–Trinajstić information content (AvgIpc) is 3.14. The minimum absolute atomic E-state index is 0.280. The van der Waals surface area contributed by atoms with Crippen molar-refractivity contribution in [3.8, 4) is 5.75 Å². The zero-order valence-corrected chi connectivity index (χ0v) is 18.3. The van der Waals surface area contributed by atoms with Gasteiger partial charge in [0.25, 0.3) is 0 Å². The number of ether oxygens (including phenoxy) is 1. The van der Waals surface area contributed by atoms with Gasteiger partial charge in [0.15, 0.2) is 15.8 Å². The first-order chi connectivity index (χ1) is 14.4. The summed E-state index contributed by atoms with van der Waals surface area (Å²) in [5, 5.41) is 7.78. The van der Waals surface area contributed by atoms with Gasteiger partial charge in [0.2, 0.25) is 0 Å². The molecule has 160 valence electrons. The Morgan fingerprint density at radius 3 is 2.53 bits per heavy atom. The molecule has 3 rings (SSSR count). The van der Waals surface area contributed by atoms with Crippen LogP contribution in [0.2, 0.25) is 0 Å². The van der Waals surface area contributed by atoms with E-state index in [1.54, 1.807) is 31.3 Å². The predicted octanol–water partition coefficient (Wildman–Crippen LogP) is 2.67. The molecule has 3 N–H and O–H groups in total. The van der Waals surface area contributed by atoms with Crippen molar-refractivity contribution in [3.63, 3.8) is 0 Å². The highest BCUT2D eigenvalue weighted by atomic mass is 32.2. The highest BCUT2D eigenvalue weighted by Crippen LogP contribution is 2.21. The Kier molecular flexibility index (Phi) is 6.99. The van der Waals surface area contributed by atoms with Crippen LogP contribution in [0.3, 0.4) is 0 Å². The maximum atomic E-state index is 11.5. The second-order valence-corrected chi connectivity index (χ2v) is 9.09. The van der Waals surface area contributed by atoms with Gasteiger partial charge >= 0.3 is 0 Å². The van der Waals surface area contributed by atoms with Crippen molar-refractivity contribution in [3.05, 3.63) is 59.8 Å². The predicted molar refractivity (Wildman–Crippen MR) is 121 cm³/mol. The molecule has 0 unspecified atom stereocenters. The Morgan fingerprint density at radius 1 is 1.10 bits per heavy atom. The number of benzene rings is 2. The quantitative estimate of drug-likeness (QED) is 0.291. The number of nitrogens with zero attached hydrogens (tertiary/aromatic N) is 1. The van der Waals surface area contributed by atoms with Crippen LogP contribution >= 0.6 is 0 Å². The summed E-state index contributed by atoms with van der Waals surface area (Å²) in [5.74, 6) is 1.34. The first-order valence-electron chi connectivity index (χ1n) is 9.81. The normalized spacial score (nSPS) is 12.2. The number of aromatic amines is 1. The molecule has 0 bridgehead atoms. The molecule has 7 nitrogen and oxygen atoms in total. The lowest BCUT2D eigenvalue weighted by atomic mass is 10.1. The molecule has 0 amide bonds. The van der Waals surface area contributed by atoms with Gasteiger partial charge in [0.05, 0.1) is 11.4 Å². The number of aliphatic imine (C=N–C) groups is 1. The summed E-state index contributed by atoms with van der Waals surface area (Å²) in [6, 6.07) is 12.7. The maximum absolute atomic E-state index is 11.5. The van der Waals surface area contributed by atoms with E-state index in [-0.39, 0.29) is 4.90 Å². The van der Waals surface area contributed by atoms with Crippen LogP contribution in [-0.4, -0.2) is 52.4 Å². The lowest BCUT2D eigenvalue weighted by Gasteiger charge is -2.12. The van der Waals surface area contributed by atoms with E-state index in [0.29, 0.717) is 24.9 Å². The molecule has 3 aromatic rings. The van der Waals surface area contributed by atoms with E-state index in [0.717, 1.165) is 13.0 Å². The van der Waals surface area contributed by atoms with Crippen LogP contribution in [0.5, 0.6) is 5.75 Å². The van der Waals surface area contributed by atoms with Crippen molar-refractivity contribution in [1.29, 1.82) is 0 Å². The second kappa shape index (κ2) is 9.67. The minimum Gasteiger partial charge on any atom is -0.492 e. The monoisotopic (exact) mass is 428 g/mol. The van der Waals surface area contributed by atoms with E-state index in [4.69, 9.17) is 4.74 Å². The number of aromatic nitrogens is 1. The van der Waals surface area contributed by atoms with Crippen LogP contribution in [0.4, 0.5) is 0 Å². The molecule has 0 saturated carbocycles. The fraction of sp³-hybridized carbons (Fsp3) is 0.318. The minimum atomic E-state index is -3.19. The van der Waals surface area contributed by atoms with E-state index >= 15 is 0 Å². The summed E-state index contributed by atoms with van der Waals surface area (Å²) in [6.07, 6.45) is 4.14. The van der Waals surface area contributed by atoms with E-state index < -0.39 is 9.84 Å². The van der Waals surface area contributed by atoms with Gasteiger partial charge in [-0.2, -0.15) is 0 Å². The summed E-state index contributed by atoms with van der Waals surface area (Å²) in [6.45, 7) is 3.86. The summed E-state index contributed by atoms with van der Waals surface area (Å²) >= 11 is 0. The Labute approximate surface area is 177 Å². The van der Waals surface area contributed by atoms with Crippen LogP contribution in [0.25, 0.3) is 10.9 Å². The number of nitrogens with one attached hydrogen (secondary N) is 3. The number of hydrogen-bond acceptors (Lipinski definition) is 4. The molecule has 0 aliphatic rings. The van der Waals surface area contributed by atoms with Gasteiger partial charge in [-0.05, 0) is 48.7 Å². The van der Waals surface area contributed by atoms with Gasteiger partial charge in [0, 0.05) is 36.9 Å². The number of sulfone groups is 1. The van der Waals surface area contributed by atoms with Crippen molar-refractivity contribution in [2.75, 3.05) is 33.0 Å². The van der Waals surface area contributed by atoms with Crippen molar-refractivity contribution in [2.24, 2.45) is 4.99 Å². The van der Waals surface area contributed by atoms with Gasteiger partial charge in [0.1, 0.15) is 12.4 Å². The highest BCUT2D eigenvalue weighted by molar-refractivity contribution is 7.90. The third-order valence-electron chi connectivity index (χ3n) is 4.83. The number of aryl methyl sites for hydroxylation is 1.